The zero-order valence-corrected chi connectivity index (χ0v) is 18.2. The van der Waals surface area contributed by atoms with Crippen molar-refractivity contribution in [1.29, 1.82) is 0 Å². The highest BCUT2D eigenvalue weighted by molar-refractivity contribution is 7.65. The molecule has 28 heavy (non-hydrogen) atoms. The third-order valence-electron chi connectivity index (χ3n) is 4.75. The van der Waals surface area contributed by atoms with Gasteiger partial charge in [0.2, 0.25) is 0 Å². The lowest BCUT2D eigenvalue weighted by Crippen LogP contribution is -2.46. The fourth-order valence-electron chi connectivity index (χ4n) is 3.43. The fraction of sp³-hybridized carbons (Fsp3) is 0.400. The predicted molar refractivity (Wildman–Crippen MR) is 114 cm³/mol. The Morgan fingerprint density at radius 3 is 1.29 bits per heavy atom. The third-order valence-corrected chi connectivity index (χ3v) is 10.2. The molecule has 1 saturated heterocycles. The number of benzene rings is 2. The molecule has 1 heterocycles. The van der Waals surface area contributed by atoms with E-state index in [0.29, 0.717) is 50.0 Å². The molecule has 0 aliphatic carbocycles. The third kappa shape index (κ3) is 4.33. The van der Waals surface area contributed by atoms with Crippen molar-refractivity contribution in [3.63, 3.8) is 0 Å². The van der Waals surface area contributed by atoms with Crippen molar-refractivity contribution in [3.8, 4) is 0 Å². The smallest absolute Gasteiger partial charge is 0.302 e. The summed E-state index contributed by atoms with van der Waals surface area (Å²) in [6.45, 7) is 6.43. The SMILES string of the molecule is CCOP(=O)(c1ccccc1)N1CCN(P(=O)(OCC)c2ccccc2)CC1. The second-order valence-electron chi connectivity index (χ2n) is 6.45. The van der Waals surface area contributed by atoms with E-state index in [2.05, 4.69) is 0 Å². The number of nitrogens with zero attached hydrogens (tertiary/aromatic N) is 2. The Kier molecular flexibility index (Phi) is 7.27. The van der Waals surface area contributed by atoms with Crippen molar-refractivity contribution >= 4 is 25.6 Å². The van der Waals surface area contributed by atoms with Gasteiger partial charge in [0.15, 0.2) is 0 Å². The Balaban J connectivity index is 1.80. The van der Waals surface area contributed by atoms with Crippen LogP contribution in [0.3, 0.4) is 0 Å². The highest BCUT2D eigenvalue weighted by Crippen LogP contribution is 2.54. The average Bonchev–Trinajstić information content (AvgIpc) is 2.75. The first-order chi connectivity index (χ1) is 13.5. The first-order valence-electron chi connectivity index (χ1n) is 9.66. The molecule has 0 amide bonds. The van der Waals surface area contributed by atoms with Crippen LogP contribution in [0.5, 0.6) is 0 Å². The van der Waals surface area contributed by atoms with Crippen molar-refractivity contribution in [2.24, 2.45) is 0 Å². The molecule has 0 spiro atoms. The van der Waals surface area contributed by atoms with E-state index in [0.717, 1.165) is 0 Å². The van der Waals surface area contributed by atoms with Gasteiger partial charge in [0, 0.05) is 26.2 Å². The molecule has 0 radical (unpaired) electrons. The maximum Gasteiger partial charge on any atom is 0.302 e. The largest absolute Gasteiger partial charge is 0.314 e. The van der Waals surface area contributed by atoms with E-state index in [1.807, 2.05) is 83.9 Å². The van der Waals surface area contributed by atoms with Gasteiger partial charge in [-0.25, -0.2) is 9.34 Å². The molecule has 1 fully saturated rings. The number of piperazine rings is 1. The number of hydrogen-bond donors (Lipinski definition) is 0. The van der Waals surface area contributed by atoms with Crippen LogP contribution in [0.15, 0.2) is 60.7 Å². The number of hydrogen-bond acceptors (Lipinski definition) is 4. The summed E-state index contributed by atoms with van der Waals surface area (Å²) in [6.07, 6.45) is 0. The Morgan fingerprint density at radius 2 is 1.00 bits per heavy atom. The summed E-state index contributed by atoms with van der Waals surface area (Å²) in [7, 11) is -6.27. The first kappa shape index (κ1) is 21.4. The van der Waals surface area contributed by atoms with E-state index in [1.54, 1.807) is 0 Å². The Bertz CT molecular complexity index is 768. The molecule has 1 aliphatic heterocycles. The van der Waals surface area contributed by atoms with E-state index < -0.39 is 15.0 Å². The summed E-state index contributed by atoms with van der Waals surface area (Å²) in [5.74, 6) is 0. The molecular weight excluding hydrogens is 394 g/mol. The van der Waals surface area contributed by atoms with Gasteiger partial charge in [-0.05, 0) is 38.1 Å². The van der Waals surface area contributed by atoms with Crippen LogP contribution >= 0.6 is 15.0 Å². The van der Waals surface area contributed by atoms with Gasteiger partial charge < -0.3 is 9.05 Å². The van der Waals surface area contributed by atoms with Gasteiger partial charge in [0.25, 0.3) is 0 Å². The molecule has 2 unspecified atom stereocenters. The molecule has 0 saturated carbocycles. The lowest BCUT2D eigenvalue weighted by molar-refractivity contribution is 0.206. The van der Waals surface area contributed by atoms with Gasteiger partial charge in [-0.2, -0.15) is 0 Å². The van der Waals surface area contributed by atoms with Crippen molar-refractivity contribution in [2.45, 2.75) is 13.8 Å². The summed E-state index contributed by atoms with van der Waals surface area (Å²) in [5, 5.41) is 1.39. The van der Waals surface area contributed by atoms with Crippen molar-refractivity contribution in [2.75, 3.05) is 39.4 Å². The minimum Gasteiger partial charge on any atom is -0.314 e. The lowest BCUT2D eigenvalue weighted by Gasteiger charge is -2.40. The van der Waals surface area contributed by atoms with E-state index in [1.165, 1.54) is 0 Å². The summed E-state index contributed by atoms with van der Waals surface area (Å²) >= 11 is 0. The van der Waals surface area contributed by atoms with Crippen LogP contribution in [0.2, 0.25) is 0 Å². The van der Waals surface area contributed by atoms with Gasteiger partial charge in [-0.3, -0.25) is 9.13 Å². The standard InChI is InChI=1S/C20H28N2O4P2/c1-3-25-27(23,19-11-7-5-8-12-19)21-15-17-22(18-16-21)28(24,26-4-2)20-13-9-6-10-14-20/h5-14H,3-4,15-18H2,1-2H3. The second-order valence-corrected chi connectivity index (χ2v) is 11.2. The monoisotopic (exact) mass is 422 g/mol. The normalized spacial score (nSPS) is 20.4. The fourth-order valence-corrected chi connectivity index (χ4v) is 7.92. The van der Waals surface area contributed by atoms with Crippen molar-refractivity contribution in [1.82, 2.24) is 9.34 Å². The Labute approximate surface area is 167 Å². The van der Waals surface area contributed by atoms with Gasteiger partial charge >= 0.3 is 15.0 Å². The minimum absolute atomic E-state index is 0.369. The molecule has 0 bridgehead atoms. The molecule has 8 heteroatoms. The van der Waals surface area contributed by atoms with Crippen LogP contribution in [-0.4, -0.2) is 48.7 Å². The molecule has 1 aliphatic rings. The van der Waals surface area contributed by atoms with Crippen LogP contribution in [0, 0.1) is 0 Å². The highest BCUT2D eigenvalue weighted by Gasteiger charge is 2.41. The van der Waals surface area contributed by atoms with Gasteiger partial charge in [0.05, 0.1) is 23.8 Å². The molecule has 0 aromatic heterocycles. The van der Waals surface area contributed by atoms with E-state index in [-0.39, 0.29) is 0 Å². The summed E-state index contributed by atoms with van der Waals surface area (Å²) in [6, 6.07) is 18.7. The van der Waals surface area contributed by atoms with Crippen molar-refractivity contribution in [3.05, 3.63) is 60.7 Å². The van der Waals surface area contributed by atoms with Crippen molar-refractivity contribution < 1.29 is 18.2 Å². The second kappa shape index (κ2) is 9.49. The van der Waals surface area contributed by atoms with Crippen LogP contribution in [0.25, 0.3) is 0 Å². The maximum absolute atomic E-state index is 13.7. The maximum atomic E-state index is 13.7. The molecule has 0 N–H and O–H groups in total. The van der Waals surface area contributed by atoms with Crippen LogP contribution in [0.4, 0.5) is 0 Å². The molecule has 3 rings (SSSR count). The van der Waals surface area contributed by atoms with E-state index >= 15 is 0 Å². The molecule has 2 aromatic carbocycles. The topological polar surface area (TPSA) is 59.1 Å². The predicted octanol–water partition coefficient (Wildman–Crippen LogP) is 3.71. The Morgan fingerprint density at radius 1 is 0.679 bits per heavy atom. The average molecular weight is 422 g/mol. The highest BCUT2D eigenvalue weighted by atomic mass is 31.2. The van der Waals surface area contributed by atoms with Gasteiger partial charge in [-0.1, -0.05) is 36.4 Å². The van der Waals surface area contributed by atoms with Crippen LogP contribution < -0.4 is 10.6 Å². The van der Waals surface area contributed by atoms with Gasteiger partial charge in [0.1, 0.15) is 0 Å². The first-order valence-corrected chi connectivity index (χ1v) is 12.8. The van der Waals surface area contributed by atoms with Crippen LogP contribution in [0.1, 0.15) is 13.8 Å². The lowest BCUT2D eigenvalue weighted by atomic mass is 10.4. The Hall–Kier alpha value is -1.26. The zero-order valence-electron chi connectivity index (χ0n) is 16.4. The molecule has 152 valence electrons. The molecular formula is C20H28N2O4P2. The summed E-state index contributed by atoms with van der Waals surface area (Å²) in [4.78, 5) is 0. The summed E-state index contributed by atoms with van der Waals surface area (Å²) in [5.41, 5.74) is 0. The van der Waals surface area contributed by atoms with E-state index in [4.69, 9.17) is 9.05 Å². The van der Waals surface area contributed by atoms with Gasteiger partial charge in [-0.15, -0.1) is 0 Å². The molecule has 6 nitrogen and oxygen atoms in total. The molecule has 2 aromatic rings. The number of rotatable bonds is 8. The van der Waals surface area contributed by atoms with E-state index in [9.17, 15) is 9.13 Å². The minimum atomic E-state index is -3.14. The zero-order chi connectivity index (χ0) is 20.0. The van der Waals surface area contributed by atoms with Crippen LogP contribution in [-0.2, 0) is 18.2 Å². The quantitative estimate of drug-likeness (QED) is 0.605. The summed E-state index contributed by atoms with van der Waals surface area (Å²) < 4.78 is 42.7. The molecule has 2 atom stereocenters.